The van der Waals surface area contributed by atoms with Crippen LogP contribution in [-0.4, -0.2) is 0 Å². The largest absolute Gasteiger partial charge is 0.0761 e. The van der Waals surface area contributed by atoms with Crippen molar-refractivity contribution < 1.29 is 0 Å². The van der Waals surface area contributed by atoms with Crippen LogP contribution >= 0.6 is 0 Å². The zero-order valence-electron chi connectivity index (χ0n) is 13.5. The van der Waals surface area contributed by atoms with Gasteiger partial charge in [-0.2, -0.15) is 0 Å². The minimum Gasteiger partial charge on any atom is -0.0761 e. The molecule has 0 N–H and O–H groups in total. The highest BCUT2D eigenvalue weighted by Gasteiger charge is 2.05. The summed E-state index contributed by atoms with van der Waals surface area (Å²) < 4.78 is 0. The molecule has 0 saturated carbocycles. The Kier molecular flexibility index (Phi) is 5.80. The van der Waals surface area contributed by atoms with Gasteiger partial charge in [-0.05, 0) is 34.6 Å². The van der Waals surface area contributed by atoms with E-state index in [0.717, 1.165) is 6.42 Å². The van der Waals surface area contributed by atoms with Gasteiger partial charge in [-0.15, -0.1) is 0 Å². The first kappa shape index (κ1) is 15.6. The second-order valence-electron chi connectivity index (χ2n) is 5.90. The Balaban J connectivity index is 2.33. The van der Waals surface area contributed by atoms with Gasteiger partial charge in [0.2, 0.25) is 0 Å². The van der Waals surface area contributed by atoms with Crippen LogP contribution in [0.5, 0.6) is 0 Å². The Morgan fingerprint density at radius 1 is 0.905 bits per heavy atom. The SMILES string of the molecule is CCCC/C=C(\c1ccccc1)c1ccc(C(C)C)cc1. The van der Waals surface area contributed by atoms with E-state index in [1.165, 1.54) is 35.1 Å². The van der Waals surface area contributed by atoms with Crippen LogP contribution in [0.2, 0.25) is 0 Å². The molecule has 0 amide bonds. The molecule has 2 aromatic rings. The average molecular weight is 278 g/mol. The molecule has 0 saturated heterocycles. The number of benzene rings is 2. The lowest BCUT2D eigenvalue weighted by molar-refractivity contribution is 0.815. The Morgan fingerprint density at radius 2 is 1.52 bits per heavy atom. The lowest BCUT2D eigenvalue weighted by atomic mass is 9.94. The maximum Gasteiger partial charge on any atom is -0.0151 e. The highest BCUT2D eigenvalue weighted by molar-refractivity contribution is 5.79. The molecular weight excluding hydrogens is 252 g/mol. The third-order valence-corrected chi connectivity index (χ3v) is 3.88. The van der Waals surface area contributed by atoms with Gasteiger partial charge >= 0.3 is 0 Å². The van der Waals surface area contributed by atoms with Gasteiger partial charge in [0.25, 0.3) is 0 Å². The Morgan fingerprint density at radius 3 is 2.10 bits per heavy atom. The van der Waals surface area contributed by atoms with Crippen LogP contribution in [0.1, 0.15) is 62.6 Å². The second-order valence-corrected chi connectivity index (χ2v) is 5.90. The molecular formula is C21H26. The summed E-state index contributed by atoms with van der Waals surface area (Å²) in [5.41, 5.74) is 5.40. The first-order valence-corrected chi connectivity index (χ1v) is 8.08. The zero-order chi connectivity index (χ0) is 15.1. The monoisotopic (exact) mass is 278 g/mol. The zero-order valence-corrected chi connectivity index (χ0v) is 13.5. The fourth-order valence-electron chi connectivity index (χ4n) is 2.52. The van der Waals surface area contributed by atoms with Crippen molar-refractivity contribution in [2.75, 3.05) is 0 Å². The van der Waals surface area contributed by atoms with Crippen LogP contribution in [0.4, 0.5) is 0 Å². The molecule has 0 radical (unpaired) electrons. The topological polar surface area (TPSA) is 0 Å². The average Bonchev–Trinajstić information content (AvgIpc) is 2.53. The van der Waals surface area contributed by atoms with Gasteiger partial charge < -0.3 is 0 Å². The predicted octanol–water partition coefficient (Wildman–Crippen LogP) is 6.43. The molecule has 0 bridgehead atoms. The van der Waals surface area contributed by atoms with Crippen molar-refractivity contribution in [3.8, 4) is 0 Å². The summed E-state index contributed by atoms with van der Waals surface area (Å²) in [5.74, 6) is 0.586. The molecule has 0 spiro atoms. The molecule has 0 fully saturated rings. The molecule has 0 atom stereocenters. The normalized spacial score (nSPS) is 11.9. The van der Waals surface area contributed by atoms with Crippen LogP contribution in [-0.2, 0) is 0 Å². The number of allylic oxidation sites excluding steroid dienone is 1. The van der Waals surface area contributed by atoms with E-state index in [9.17, 15) is 0 Å². The first-order chi connectivity index (χ1) is 10.2. The third kappa shape index (κ3) is 4.32. The number of unbranched alkanes of at least 4 members (excludes halogenated alkanes) is 2. The van der Waals surface area contributed by atoms with E-state index < -0.39 is 0 Å². The van der Waals surface area contributed by atoms with E-state index in [-0.39, 0.29) is 0 Å². The molecule has 0 aromatic heterocycles. The van der Waals surface area contributed by atoms with Crippen molar-refractivity contribution in [1.29, 1.82) is 0 Å². The van der Waals surface area contributed by atoms with Crippen molar-refractivity contribution in [3.63, 3.8) is 0 Å². The van der Waals surface area contributed by atoms with Gasteiger partial charge in [0, 0.05) is 0 Å². The highest BCUT2D eigenvalue weighted by Crippen LogP contribution is 2.26. The number of hydrogen-bond donors (Lipinski definition) is 0. The van der Waals surface area contributed by atoms with Crippen molar-refractivity contribution in [3.05, 3.63) is 77.4 Å². The molecule has 0 aliphatic heterocycles. The van der Waals surface area contributed by atoms with Crippen LogP contribution in [0.25, 0.3) is 5.57 Å². The lowest BCUT2D eigenvalue weighted by Gasteiger charge is -2.11. The Labute approximate surface area is 129 Å². The standard InChI is InChI=1S/C21H26/c1-4-5-7-12-21(19-10-8-6-9-11-19)20-15-13-18(14-16-20)17(2)3/h6,8-17H,4-5,7H2,1-3H3/b21-12+. The molecule has 21 heavy (non-hydrogen) atoms. The smallest absolute Gasteiger partial charge is 0.0151 e. The maximum atomic E-state index is 2.39. The predicted molar refractivity (Wildman–Crippen MR) is 93.6 cm³/mol. The van der Waals surface area contributed by atoms with Crippen molar-refractivity contribution in [2.45, 2.75) is 46.0 Å². The minimum atomic E-state index is 0.586. The van der Waals surface area contributed by atoms with Gasteiger partial charge in [-0.25, -0.2) is 0 Å². The molecule has 2 aromatic carbocycles. The molecule has 0 heteroatoms. The summed E-state index contributed by atoms with van der Waals surface area (Å²) in [6.45, 7) is 6.72. The van der Waals surface area contributed by atoms with Gasteiger partial charge in [0.05, 0.1) is 0 Å². The van der Waals surface area contributed by atoms with Crippen molar-refractivity contribution in [2.24, 2.45) is 0 Å². The summed E-state index contributed by atoms with van der Waals surface area (Å²) in [6, 6.07) is 19.8. The van der Waals surface area contributed by atoms with E-state index >= 15 is 0 Å². The number of hydrogen-bond acceptors (Lipinski definition) is 0. The molecule has 0 heterocycles. The fourth-order valence-corrected chi connectivity index (χ4v) is 2.52. The maximum absolute atomic E-state index is 2.39. The van der Waals surface area contributed by atoms with E-state index in [1.807, 2.05) is 0 Å². The summed E-state index contributed by atoms with van der Waals surface area (Å²) in [4.78, 5) is 0. The summed E-state index contributed by atoms with van der Waals surface area (Å²) >= 11 is 0. The molecule has 0 aliphatic rings. The van der Waals surface area contributed by atoms with Crippen LogP contribution in [0.15, 0.2) is 60.7 Å². The molecule has 0 unspecified atom stereocenters. The quantitative estimate of drug-likeness (QED) is 0.534. The molecule has 0 nitrogen and oxygen atoms in total. The molecule has 0 aliphatic carbocycles. The van der Waals surface area contributed by atoms with Crippen LogP contribution in [0.3, 0.4) is 0 Å². The van der Waals surface area contributed by atoms with Gasteiger partial charge in [-0.3, -0.25) is 0 Å². The Hall–Kier alpha value is -1.82. The Bertz CT molecular complexity index is 559. The molecule has 110 valence electrons. The summed E-state index contributed by atoms with van der Waals surface area (Å²) in [5, 5.41) is 0. The van der Waals surface area contributed by atoms with Crippen molar-refractivity contribution in [1.82, 2.24) is 0 Å². The van der Waals surface area contributed by atoms with Crippen LogP contribution in [0, 0.1) is 0 Å². The number of rotatable bonds is 6. The van der Waals surface area contributed by atoms with E-state index in [2.05, 4.69) is 81.4 Å². The molecule has 2 rings (SSSR count). The summed E-state index contributed by atoms with van der Waals surface area (Å²) in [6.07, 6.45) is 6.03. The van der Waals surface area contributed by atoms with E-state index in [1.54, 1.807) is 0 Å². The summed E-state index contributed by atoms with van der Waals surface area (Å²) in [7, 11) is 0. The lowest BCUT2D eigenvalue weighted by Crippen LogP contribution is -1.91. The van der Waals surface area contributed by atoms with E-state index in [0.29, 0.717) is 5.92 Å². The third-order valence-electron chi connectivity index (χ3n) is 3.88. The van der Waals surface area contributed by atoms with Gasteiger partial charge in [-0.1, -0.05) is 94.3 Å². The second kappa shape index (κ2) is 7.83. The van der Waals surface area contributed by atoms with Crippen molar-refractivity contribution >= 4 is 5.57 Å². The van der Waals surface area contributed by atoms with Gasteiger partial charge in [0.1, 0.15) is 0 Å². The van der Waals surface area contributed by atoms with E-state index in [4.69, 9.17) is 0 Å². The fraction of sp³-hybridized carbons (Fsp3) is 0.333. The van der Waals surface area contributed by atoms with Gasteiger partial charge in [0.15, 0.2) is 0 Å². The highest BCUT2D eigenvalue weighted by atomic mass is 14.1. The van der Waals surface area contributed by atoms with Crippen LogP contribution < -0.4 is 0 Å². The first-order valence-electron chi connectivity index (χ1n) is 8.08. The minimum absolute atomic E-state index is 0.586.